The van der Waals surface area contributed by atoms with Gasteiger partial charge in [-0.25, -0.2) is 0 Å². The lowest BCUT2D eigenvalue weighted by molar-refractivity contribution is 0.190. The largest absolute Gasteiger partial charge is 0.468 e. The Morgan fingerprint density at radius 3 is 2.79 bits per heavy atom. The maximum absolute atomic E-state index is 5.99. The van der Waals surface area contributed by atoms with Crippen molar-refractivity contribution in [1.82, 2.24) is 4.90 Å². The molecule has 0 fully saturated rings. The topological polar surface area (TPSA) is 42.4 Å². The number of nitrogens with zero attached hydrogens (tertiary/aromatic N) is 1. The van der Waals surface area contributed by atoms with Crippen LogP contribution in [-0.4, -0.2) is 18.0 Å². The number of halogens is 1. The van der Waals surface area contributed by atoms with Crippen molar-refractivity contribution in [2.45, 2.75) is 26.4 Å². The Kier molecular flexibility index (Phi) is 5.21. The molecule has 3 nitrogen and oxygen atoms in total. The van der Waals surface area contributed by atoms with Crippen LogP contribution in [0, 0.1) is 6.92 Å². The van der Waals surface area contributed by atoms with Crippen molar-refractivity contribution in [1.29, 1.82) is 0 Å². The minimum absolute atomic E-state index is 0.241. The lowest BCUT2D eigenvalue weighted by atomic mass is 10.2. The first-order valence-corrected chi connectivity index (χ1v) is 7.99. The van der Waals surface area contributed by atoms with Gasteiger partial charge in [-0.3, -0.25) is 4.90 Å². The highest BCUT2D eigenvalue weighted by atomic mass is 79.9. The van der Waals surface area contributed by atoms with Crippen LogP contribution in [-0.2, 0) is 6.54 Å². The second kappa shape index (κ2) is 6.70. The van der Waals surface area contributed by atoms with Crippen LogP contribution in [0.25, 0.3) is 0 Å². The second-order valence-electron chi connectivity index (χ2n) is 4.45. The Hall–Kier alpha value is -0.620. The van der Waals surface area contributed by atoms with Gasteiger partial charge in [0.2, 0.25) is 0 Å². The Labute approximate surface area is 126 Å². The molecule has 0 aromatic carbocycles. The lowest BCUT2D eigenvalue weighted by Gasteiger charge is -2.28. The van der Waals surface area contributed by atoms with Crippen molar-refractivity contribution in [3.63, 3.8) is 0 Å². The van der Waals surface area contributed by atoms with E-state index < -0.39 is 0 Å². The molecule has 19 heavy (non-hydrogen) atoms. The molecule has 5 heteroatoms. The number of rotatable bonds is 6. The monoisotopic (exact) mass is 342 g/mol. The van der Waals surface area contributed by atoms with Crippen LogP contribution in [0.5, 0.6) is 0 Å². The average Bonchev–Trinajstić information content (AvgIpc) is 3.00. The van der Waals surface area contributed by atoms with Crippen LogP contribution in [0.4, 0.5) is 0 Å². The average molecular weight is 343 g/mol. The van der Waals surface area contributed by atoms with Crippen LogP contribution in [0.1, 0.15) is 28.5 Å². The van der Waals surface area contributed by atoms with Gasteiger partial charge in [-0.2, -0.15) is 0 Å². The first kappa shape index (κ1) is 14.8. The molecule has 104 valence electrons. The predicted molar refractivity (Wildman–Crippen MR) is 83.3 cm³/mol. The summed E-state index contributed by atoms with van der Waals surface area (Å²) in [5.41, 5.74) is 5.99. The number of hydrogen-bond donors (Lipinski definition) is 1. The standard InChI is InChI=1S/C14H19BrN2OS/c1-3-17(9-11-5-4-6-18-11)13(8-16)14-7-12(15)10(2)19-14/h4-7,13H,3,8-9,16H2,1-2H3. The molecule has 1 unspecified atom stereocenters. The van der Waals surface area contributed by atoms with Gasteiger partial charge in [-0.15, -0.1) is 11.3 Å². The van der Waals surface area contributed by atoms with Crippen molar-refractivity contribution in [2.75, 3.05) is 13.1 Å². The van der Waals surface area contributed by atoms with Gasteiger partial charge in [0.05, 0.1) is 18.8 Å². The van der Waals surface area contributed by atoms with Gasteiger partial charge < -0.3 is 10.2 Å². The molecule has 0 radical (unpaired) electrons. The molecule has 0 aliphatic heterocycles. The Balaban J connectivity index is 2.18. The first-order valence-electron chi connectivity index (χ1n) is 6.38. The number of aryl methyl sites for hydroxylation is 1. The molecule has 0 saturated heterocycles. The maximum Gasteiger partial charge on any atom is 0.117 e. The van der Waals surface area contributed by atoms with Gasteiger partial charge in [0.15, 0.2) is 0 Å². The summed E-state index contributed by atoms with van der Waals surface area (Å²) in [6, 6.07) is 6.35. The SMILES string of the molecule is CCN(Cc1ccco1)C(CN)c1cc(Br)c(C)s1. The van der Waals surface area contributed by atoms with Gasteiger partial charge in [-0.05, 0) is 47.6 Å². The molecular weight excluding hydrogens is 324 g/mol. The molecule has 1 atom stereocenters. The quantitative estimate of drug-likeness (QED) is 0.864. The minimum Gasteiger partial charge on any atom is -0.468 e. The summed E-state index contributed by atoms with van der Waals surface area (Å²) >= 11 is 5.38. The summed E-state index contributed by atoms with van der Waals surface area (Å²) in [4.78, 5) is 4.94. The third-order valence-electron chi connectivity index (χ3n) is 3.21. The van der Waals surface area contributed by atoms with E-state index in [1.165, 1.54) is 14.2 Å². The summed E-state index contributed by atoms with van der Waals surface area (Å²) in [7, 11) is 0. The molecule has 2 heterocycles. The fourth-order valence-electron chi connectivity index (χ4n) is 2.14. The van der Waals surface area contributed by atoms with Gasteiger partial charge in [-0.1, -0.05) is 6.92 Å². The van der Waals surface area contributed by atoms with Crippen molar-refractivity contribution in [2.24, 2.45) is 5.73 Å². The third kappa shape index (κ3) is 3.48. The molecule has 0 amide bonds. The smallest absolute Gasteiger partial charge is 0.117 e. The zero-order valence-electron chi connectivity index (χ0n) is 11.2. The molecule has 2 aromatic heterocycles. The van der Waals surface area contributed by atoms with Crippen LogP contribution < -0.4 is 5.73 Å². The summed E-state index contributed by atoms with van der Waals surface area (Å²) in [5, 5.41) is 0. The van der Waals surface area contributed by atoms with Gasteiger partial charge in [0.1, 0.15) is 5.76 Å². The lowest BCUT2D eigenvalue weighted by Crippen LogP contribution is -2.32. The second-order valence-corrected chi connectivity index (χ2v) is 6.59. The van der Waals surface area contributed by atoms with Crippen molar-refractivity contribution in [3.8, 4) is 0 Å². The van der Waals surface area contributed by atoms with E-state index in [1.807, 2.05) is 12.1 Å². The van der Waals surface area contributed by atoms with E-state index in [0.29, 0.717) is 6.54 Å². The molecule has 0 bridgehead atoms. The Bertz CT molecular complexity index is 490. The molecule has 2 aromatic rings. The van der Waals surface area contributed by atoms with Gasteiger partial charge in [0.25, 0.3) is 0 Å². The van der Waals surface area contributed by atoms with Crippen LogP contribution in [0.3, 0.4) is 0 Å². The molecule has 2 rings (SSSR count). The summed E-state index contributed by atoms with van der Waals surface area (Å²) < 4.78 is 6.60. The summed E-state index contributed by atoms with van der Waals surface area (Å²) in [5.74, 6) is 0.979. The van der Waals surface area contributed by atoms with E-state index in [-0.39, 0.29) is 6.04 Å². The molecular formula is C14H19BrN2OS. The van der Waals surface area contributed by atoms with Crippen molar-refractivity contribution >= 4 is 27.3 Å². The van der Waals surface area contributed by atoms with E-state index in [4.69, 9.17) is 10.2 Å². The van der Waals surface area contributed by atoms with Gasteiger partial charge >= 0.3 is 0 Å². The molecule has 0 aliphatic rings. The first-order chi connectivity index (χ1) is 9.15. The maximum atomic E-state index is 5.99. The summed E-state index contributed by atoms with van der Waals surface area (Å²) in [6.45, 7) is 6.62. The van der Waals surface area contributed by atoms with E-state index in [1.54, 1.807) is 17.6 Å². The Morgan fingerprint density at radius 1 is 1.53 bits per heavy atom. The highest BCUT2D eigenvalue weighted by Crippen LogP contribution is 2.33. The molecule has 2 N–H and O–H groups in total. The molecule has 0 aliphatic carbocycles. The zero-order valence-corrected chi connectivity index (χ0v) is 13.6. The highest BCUT2D eigenvalue weighted by molar-refractivity contribution is 9.10. The van der Waals surface area contributed by atoms with E-state index >= 15 is 0 Å². The molecule has 0 saturated carbocycles. The third-order valence-corrected chi connectivity index (χ3v) is 5.45. The normalized spacial score (nSPS) is 13.1. The van der Waals surface area contributed by atoms with E-state index in [2.05, 4.69) is 40.7 Å². The van der Waals surface area contributed by atoms with Gasteiger partial charge in [0, 0.05) is 20.8 Å². The fraction of sp³-hybridized carbons (Fsp3) is 0.429. The number of hydrogen-bond acceptors (Lipinski definition) is 4. The number of thiophene rings is 1. The van der Waals surface area contributed by atoms with Crippen molar-refractivity contribution in [3.05, 3.63) is 44.4 Å². The van der Waals surface area contributed by atoms with Crippen molar-refractivity contribution < 1.29 is 4.42 Å². The number of nitrogens with two attached hydrogens (primary N) is 1. The minimum atomic E-state index is 0.241. The fourth-order valence-corrected chi connectivity index (χ4v) is 3.85. The van der Waals surface area contributed by atoms with E-state index in [0.717, 1.165) is 18.8 Å². The van der Waals surface area contributed by atoms with E-state index in [9.17, 15) is 0 Å². The van der Waals surface area contributed by atoms with Crippen LogP contribution in [0.2, 0.25) is 0 Å². The summed E-state index contributed by atoms with van der Waals surface area (Å²) in [6.07, 6.45) is 1.71. The predicted octanol–water partition coefficient (Wildman–Crippen LogP) is 3.93. The zero-order chi connectivity index (χ0) is 13.8. The number of likely N-dealkylation sites (N-methyl/N-ethyl adjacent to an activating group) is 1. The van der Waals surface area contributed by atoms with Crippen LogP contribution in [0.15, 0.2) is 33.4 Å². The van der Waals surface area contributed by atoms with Crippen LogP contribution >= 0.6 is 27.3 Å². The highest BCUT2D eigenvalue weighted by Gasteiger charge is 2.21. The molecule has 0 spiro atoms. The Morgan fingerprint density at radius 2 is 2.32 bits per heavy atom. The number of furan rings is 1.